The van der Waals surface area contributed by atoms with Gasteiger partial charge < -0.3 is 9.84 Å². The molecule has 29 heavy (non-hydrogen) atoms. The number of hydrogen-bond acceptors (Lipinski definition) is 5. The van der Waals surface area contributed by atoms with Crippen LogP contribution in [0.5, 0.6) is 0 Å². The molecule has 146 valence electrons. The fraction of sp³-hybridized carbons (Fsp3) is 0.182. The summed E-state index contributed by atoms with van der Waals surface area (Å²) in [6, 6.07) is 21.5. The lowest BCUT2D eigenvalue weighted by Gasteiger charge is -2.08. The molecule has 1 unspecified atom stereocenters. The van der Waals surface area contributed by atoms with Gasteiger partial charge in [0, 0.05) is 6.07 Å². The Morgan fingerprint density at radius 3 is 2.55 bits per heavy atom. The van der Waals surface area contributed by atoms with Crippen molar-refractivity contribution in [3.05, 3.63) is 95.6 Å². The van der Waals surface area contributed by atoms with Crippen molar-refractivity contribution in [2.45, 2.75) is 25.8 Å². The van der Waals surface area contributed by atoms with E-state index in [1.54, 1.807) is 12.3 Å². The Morgan fingerprint density at radius 1 is 1.07 bits per heavy atom. The molecule has 7 heteroatoms. The average Bonchev–Trinajstić information content (AvgIpc) is 3.43. The molecule has 0 spiro atoms. The molecule has 7 nitrogen and oxygen atoms in total. The van der Waals surface area contributed by atoms with Gasteiger partial charge in [-0.05, 0) is 30.0 Å². The smallest absolute Gasteiger partial charge is 0.290 e. The maximum Gasteiger partial charge on any atom is 0.290 e. The molecular weight excluding hydrogens is 366 g/mol. The van der Waals surface area contributed by atoms with Crippen LogP contribution in [0.25, 0.3) is 5.69 Å². The van der Waals surface area contributed by atoms with Crippen molar-refractivity contribution in [2.24, 2.45) is 0 Å². The van der Waals surface area contributed by atoms with E-state index in [-0.39, 0.29) is 24.1 Å². The van der Waals surface area contributed by atoms with E-state index in [9.17, 15) is 4.79 Å². The van der Waals surface area contributed by atoms with Gasteiger partial charge in [0.05, 0.1) is 24.1 Å². The monoisotopic (exact) mass is 387 g/mol. The van der Waals surface area contributed by atoms with Gasteiger partial charge in [-0.25, -0.2) is 0 Å². The van der Waals surface area contributed by atoms with Crippen molar-refractivity contribution in [2.75, 3.05) is 0 Å². The van der Waals surface area contributed by atoms with E-state index >= 15 is 0 Å². The Labute approximate surface area is 168 Å². The van der Waals surface area contributed by atoms with Gasteiger partial charge in [-0.2, -0.15) is 15.0 Å². The molecule has 0 bridgehead atoms. The van der Waals surface area contributed by atoms with Gasteiger partial charge in [-0.1, -0.05) is 60.6 Å². The first kappa shape index (κ1) is 18.6. The summed E-state index contributed by atoms with van der Waals surface area (Å²) >= 11 is 0. The van der Waals surface area contributed by atoms with Crippen LogP contribution in [0.2, 0.25) is 0 Å². The highest BCUT2D eigenvalue weighted by atomic mass is 16.5. The highest BCUT2D eigenvalue weighted by Gasteiger charge is 2.16. The summed E-state index contributed by atoms with van der Waals surface area (Å²) in [5, 5.41) is 15.4. The second-order valence-corrected chi connectivity index (χ2v) is 6.84. The first-order chi connectivity index (χ1) is 14.2. The number of benzene rings is 2. The first-order valence-corrected chi connectivity index (χ1v) is 9.44. The highest BCUT2D eigenvalue weighted by Crippen LogP contribution is 2.20. The molecule has 0 saturated carbocycles. The minimum absolute atomic E-state index is 0.190. The molecule has 4 rings (SSSR count). The van der Waals surface area contributed by atoms with Crippen LogP contribution in [-0.4, -0.2) is 26.1 Å². The molecular formula is C22H21N5O2. The number of hydrogen-bond donors (Lipinski definition) is 1. The maximum absolute atomic E-state index is 12.4. The van der Waals surface area contributed by atoms with Crippen LogP contribution in [0, 0.1) is 0 Å². The van der Waals surface area contributed by atoms with E-state index in [2.05, 4.69) is 39.7 Å². The third-order valence-electron chi connectivity index (χ3n) is 4.62. The standard InChI is InChI=1S/C22H21N5O2/c1-16(17-8-4-2-5-9-17)12-18-13-21(29-26-18)22(28)23-14-19-15-24-27(25-19)20-10-6-3-7-11-20/h2-11,13,15-16H,12,14H2,1H3,(H,23,28). The number of nitrogens with zero attached hydrogens (tertiary/aromatic N) is 4. The fourth-order valence-electron chi connectivity index (χ4n) is 3.05. The molecule has 2 aromatic carbocycles. The minimum Gasteiger partial charge on any atom is -0.351 e. The number of amides is 1. The van der Waals surface area contributed by atoms with Gasteiger partial charge in [0.1, 0.15) is 5.69 Å². The molecule has 0 aliphatic carbocycles. The molecule has 0 radical (unpaired) electrons. The van der Waals surface area contributed by atoms with Gasteiger partial charge in [0.15, 0.2) is 0 Å². The van der Waals surface area contributed by atoms with Gasteiger partial charge in [-0.15, -0.1) is 0 Å². The quantitative estimate of drug-likeness (QED) is 0.524. The predicted octanol–water partition coefficient (Wildman–Crippen LogP) is 3.53. The Hall–Kier alpha value is -3.74. The van der Waals surface area contributed by atoms with Gasteiger partial charge in [0.25, 0.3) is 5.91 Å². The zero-order valence-electron chi connectivity index (χ0n) is 16.0. The van der Waals surface area contributed by atoms with E-state index in [0.29, 0.717) is 12.1 Å². The van der Waals surface area contributed by atoms with Crippen LogP contribution in [0.4, 0.5) is 0 Å². The molecule has 1 N–H and O–H groups in total. The lowest BCUT2D eigenvalue weighted by molar-refractivity contribution is 0.0913. The first-order valence-electron chi connectivity index (χ1n) is 9.44. The zero-order chi connectivity index (χ0) is 20.1. The van der Waals surface area contributed by atoms with Crippen LogP contribution < -0.4 is 5.32 Å². The summed E-state index contributed by atoms with van der Waals surface area (Å²) in [7, 11) is 0. The van der Waals surface area contributed by atoms with Crippen molar-refractivity contribution in [1.29, 1.82) is 0 Å². The minimum atomic E-state index is -0.328. The number of carbonyl (C=O) groups is 1. The normalized spacial score (nSPS) is 11.9. The van der Waals surface area contributed by atoms with E-state index in [1.807, 2.05) is 48.5 Å². The second kappa shape index (κ2) is 8.52. The number of aromatic nitrogens is 4. The van der Waals surface area contributed by atoms with Crippen molar-refractivity contribution in [3.8, 4) is 5.69 Å². The lowest BCUT2D eigenvalue weighted by atomic mass is 9.96. The van der Waals surface area contributed by atoms with E-state index in [4.69, 9.17) is 4.52 Å². The average molecular weight is 387 g/mol. The Kier molecular flexibility index (Phi) is 5.47. The Balaban J connectivity index is 1.33. The van der Waals surface area contributed by atoms with E-state index < -0.39 is 0 Å². The Morgan fingerprint density at radius 2 is 1.79 bits per heavy atom. The van der Waals surface area contributed by atoms with Crippen LogP contribution in [0.3, 0.4) is 0 Å². The van der Waals surface area contributed by atoms with Crippen LogP contribution in [0.15, 0.2) is 77.4 Å². The Bertz CT molecular complexity index is 1070. The van der Waals surface area contributed by atoms with Gasteiger partial charge >= 0.3 is 0 Å². The van der Waals surface area contributed by atoms with Gasteiger partial charge in [0.2, 0.25) is 5.76 Å². The third-order valence-corrected chi connectivity index (χ3v) is 4.62. The van der Waals surface area contributed by atoms with E-state index in [1.165, 1.54) is 10.4 Å². The molecule has 1 atom stereocenters. The summed E-state index contributed by atoms with van der Waals surface area (Å²) in [4.78, 5) is 13.9. The summed E-state index contributed by atoms with van der Waals surface area (Å²) in [5.41, 5.74) is 3.49. The van der Waals surface area contributed by atoms with Gasteiger partial charge in [-0.3, -0.25) is 4.79 Å². The fourth-order valence-corrected chi connectivity index (χ4v) is 3.05. The molecule has 4 aromatic rings. The van der Waals surface area contributed by atoms with E-state index in [0.717, 1.165) is 11.4 Å². The molecule has 0 aliphatic rings. The molecule has 0 fully saturated rings. The summed E-state index contributed by atoms with van der Waals surface area (Å²) in [6.07, 6.45) is 2.33. The van der Waals surface area contributed by atoms with Crippen LogP contribution in [-0.2, 0) is 13.0 Å². The van der Waals surface area contributed by atoms with Crippen molar-refractivity contribution in [3.63, 3.8) is 0 Å². The molecule has 0 saturated heterocycles. The molecule has 2 aromatic heterocycles. The summed E-state index contributed by atoms with van der Waals surface area (Å²) in [5.74, 6) is 0.145. The SMILES string of the molecule is CC(Cc1cc(C(=O)NCc2cnn(-c3ccccc3)n2)on1)c1ccccc1. The van der Waals surface area contributed by atoms with Crippen LogP contribution in [0.1, 0.15) is 40.3 Å². The van der Waals surface area contributed by atoms with Crippen molar-refractivity contribution >= 4 is 5.91 Å². The summed E-state index contributed by atoms with van der Waals surface area (Å²) in [6.45, 7) is 2.38. The predicted molar refractivity (Wildman–Crippen MR) is 108 cm³/mol. The largest absolute Gasteiger partial charge is 0.351 e. The number of rotatable bonds is 7. The highest BCUT2D eigenvalue weighted by molar-refractivity contribution is 5.91. The maximum atomic E-state index is 12.4. The second-order valence-electron chi connectivity index (χ2n) is 6.84. The number of carbonyl (C=O) groups excluding carboxylic acids is 1. The number of nitrogens with one attached hydrogen (secondary N) is 1. The molecule has 0 aliphatic heterocycles. The van der Waals surface area contributed by atoms with Crippen molar-refractivity contribution < 1.29 is 9.32 Å². The van der Waals surface area contributed by atoms with Crippen molar-refractivity contribution in [1.82, 2.24) is 25.5 Å². The topological polar surface area (TPSA) is 85.8 Å². The summed E-state index contributed by atoms with van der Waals surface area (Å²) < 4.78 is 5.22. The van der Waals surface area contributed by atoms with Crippen LogP contribution >= 0.6 is 0 Å². The molecule has 2 heterocycles. The zero-order valence-corrected chi connectivity index (χ0v) is 16.0. The number of para-hydroxylation sites is 1. The lowest BCUT2D eigenvalue weighted by Crippen LogP contribution is -2.22. The molecule has 1 amide bonds. The third kappa shape index (κ3) is 4.57.